The number of fused-ring (bicyclic) bond motifs is 1. The molecule has 1 aromatic carbocycles. The lowest BCUT2D eigenvalue weighted by Crippen LogP contribution is -2.44. The third-order valence-corrected chi connectivity index (χ3v) is 6.34. The van der Waals surface area contributed by atoms with Crippen molar-refractivity contribution in [3.63, 3.8) is 0 Å². The molecule has 1 fully saturated rings. The van der Waals surface area contributed by atoms with E-state index >= 15 is 0 Å². The molecular formula is C25H29N9O2. The third kappa shape index (κ3) is 4.40. The van der Waals surface area contributed by atoms with Crippen LogP contribution in [0.3, 0.4) is 0 Å². The molecule has 0 saturated carbocycles. The SMILES string of the molecule is C=CCn1c(=O)c2cnc(Nc3ccc(N4CCN(C)CC4)cc3)nc2n1-c1ccc(=O)n(CC)n1. The lowest BCUT2D eigenvalue weighted by molar-refractivity contribution is 0.313. The van der Waals surface area contributed by atoms with Gasteiger partial charge in [0.05, 0.1) is 6.54 Å². The molecule has 11 heteroatoms. The van der Waals surface area contributed by atoms with Crippen LogP contribution in [0.15, 0.2) is 64.8 Å². The van der Waals surface area contributed by atoms with Gasteiger partial charge in [-0.15, -0.1) is 11.7 Å². The van der Waals surface area contributed by atoms with Crippen LogP contribution in [0, 0.1) is 0 Å². The fourth-order valence-electron chi connectivity index (χ4n) is 4.34. The van der Waals surface area contributed by atoms with Gasteiger partial charge in [-0.05, 0) is 44.3 Å². The summed E-state index contributed by atoms with van der Waals surface area (Å²) in [6, 6.07) is 11.2. The van der Waals surface area contributed by atoms with Gasteiger partial charge in [0.1, 0.15) is 5.39 Å². The lowest BCUT2D eigenvalue weighted by atomic mass is 10.2. The number of nitrogens with one attached hydrogen (secondary N) is 1. The van der Waals surface area contributed by atoms with Crippen molar-refractivity contribution in [3.05, 3.63) is 76.0 Å². The molecule has 36 heavy (non-hydrogen) atoms. The number of anilines is 3. The molecule has 4 heterocycles. The largest absolute Gasteiger partial charge is 0.369 e. The molecule has 1 N–H and O–H groups in total. The Labute approximate surface area is 207 Å². The molecular weight excluding hydrogens is 458 g/mol. The second-order valence-electron chi connectivity index (χ2n) is 8.73. The number of rotatable bonds is 7. The molecule has 11 nitrogen and oxygen atoms in total. The Kier molecular flexibility index (Phi) is 6.38. The molecule has 1 aliphatic rings. The zero-order chi connectivity index (χ0) is 25.2. The van der Waals surface area contributed by atoms with Crippen molar-refractivity contribution in [3.8, 4) is 5.82 Å². The third-order valence-electron chi connectivity index (χ3n) is 6.34. The molecule has 3 aromatic heterocycles. The van der Waals surface area contributed by atoms with Crippen molar-refractivity contribution < 1.29 is 0 Å². The Hall–Kier alpha value is -4.25. The van der Waals surface area contributed by atoms with E-state index in [9.17, 15) is 9.59 Å². The van der Waals surface area contributed by atoms with E-state index in [-0.39, 0.29) is 17.7 Å². The van der Waals surface area contributed by atoms with E-state index in [1.54, 1.807) is 16.8 Å². The lowest BCUT2D eigenvalue weighted by Gasteiger charge is -2.34. The Morgan fingerprint density at radius 3 is 2.50 bits per heavy atom. The molecule has 0 spiro atoms. The Morgan fingerprint density at radius 2 is 1.81 bits per heavy atom. The van der Waals surface area contributed by atoms with Crippen molar-refractivity contribution in [2.24, 2.45) is 0 Å². The normalized spacial score (nSPS) is 14.3. The van der Waals surface area contributed by atoms with Crippen LogP contribution in [0.4, 0.5) is 17.3 Å². The molecule has 1 saturated heterocycles. The molecule has 0 aliphatic carbocycles. The fourth-order valence-corrected chi connectivity index (χ4v) is 4.34. The van der Waals surface area contributed by atoms with Crippen molar-refractivity contribution >= 4 is 28.4 Å². The summed E-state index contributed by atoms with van der Waals surface area (Å²) >= 11 is 0. The van der Waals surface area contributed by atoms with Gasteiger partial charge in [0.2, 0.25) is 5.95 Å². The summed E-state index contributed by atoms with van der Waals surface area (Å²) < 4.78 is 4.42. The zero-order valence-corrected chi connectivity index (χ0v) is 20.5. The number of hydrogen-bond acceptors (Lipinski definition) is 8. The predicted octanol–water partition coefficient (Wildman–Crippen LogP) is 1.84. The molecule has 0 unspecified atom stereocenters. The molecule has 1 aliphatic heterocycles. The van der Waals surface area contributed by atoms with E-state index in [0.29, 0.717) is 29.3 Å². The molecule has 5 rings (SSSR count). The molecule has 0 bridgehead atoms. The van der Waals surface area contributed by atoms with E-state index in [1.807, 2.05) is 19.1 Å². The topological polar surface area (TPSA) is 106 Å². The quantitative estimate of drug-likeness (QED) is 0.394. The van der Waals surface area contributed by atoms with E-state index in [0.717, 1.165) is 31.9 Å². The summed E-state index contributed by atoms with van der Waals surface area (Å²) in [7, 11) is 2.14. The summed E-state index contributed by atoms with van der Waals surface area (Å²) in [6.45, 7) is 10.4. The standard InChI is InChI=1S/C25H29N9O2/c1-4-12-33-24(36)20-17-26-25(28-23(20)34(33)21-10-11-22(35)32(5-2)29-21)27-18-6-8-19(9-7-18)31-15-13-30(3)14-16-31/h4,6-11,17H,1,5,12-16H2,2-3H3,(H,26,27,28). The summed E-state index contributed by atoms with van der Waals surface area (Å²) in [5.74, 6) is 0.759. The Morgan fingerprint density at radius 1 is 1.06 bits per heavy atom. The summed E-state index contributed by atoms with van der Waals surface area (Å²) in [6.07, 6.45) is 3.14. The zero-order valence-electron chi connectivity index (χ0n) is 20.5. The van der Waals surface area contributed by atoms with Gasteiger partial charge >= 0.3 is 0 Å². The summed E-state index contributed by atoms with van der Waals surface area (Å²) in [5, 5.41) is 8.01. The second-order valence-corrected chi connectivity index (χ2v) is 8.73. The fraction of sp³-hybridized carbons (Fsp3) is 0.320. The molecule has 0 radical (unpaired) electrons. The average molecular weight is 488 g/mol. The van der Waals surface area contributed by atoms with Crippen LogP contribution in [-0.2, 0) is 13.1 Å². The molecule has 0 amide bonds. The maximum Gasteiger partial charge on any atom is 0.278 e. The molecule has 0 atom stereocenters. The average Bonchev–Trinajstić information content (AvgIpc) is 3.16. The number of hydrogen-bond donors (Lipinski definition) is 1. The minimum atomic E-state index is -0.260. The number of nitrogens with zero attached hydrogens (tertiary/aromatic N) is 8. The Balaban J connectivity index is 1.50. The highest BCUT2D eigenvalue weighted by atomic mass is 16.1. The Bertz CT molecular complexity index is 1510. The van der Waals surface area contributed by atoms with Crippen molar-refractivity contribution in [1.29, 1.82) is 0 Å². The number of allylic oxidation sites excluding steroid dienone is 1. The first-order chi connectivity index (χ1) is 17.5. The first-order valence-electron chi connectivity index (χ1n) is 12.0. The summed E-state index contributed by atoms with van der Waals surface area (Å²) in [4.78, 5) is 38.9. The van der Waals surface area contributed by atoms with Crippen LogP contribution in [0.5, 0.6) is 0 Å². The summed E-state index contributed by atoms with van der Waals surface area (Å²) in [5.41, 5.74) is 1.93. The number of likely N-dealkylation sites (N-methyl/N-ethyl adjacent to an activating group) is 1. The number of benzene rings is 1. The van der Waals surface area contributed by atoms with Gasteiger partial charge in [0.25, 0.3) is 11.1 Å². The van der Waals surface area contributed by atoms with Gasteiger partial charge in [-0.1, -0.05) is 6.08 Å². The van der Waals surface area contributed by atoms with Crippen molar-refractivity contribution in [2.75, 3.05) is 43.4 Å². The van der Waals surface area contributed by atoms with Gasteiger partial charge in [-0.2, -0.15) is 4.98 Å². The highest BCUT2D eigenvalue weighted by Gasteiger charge is 2.19. The number of aromatic nitrogens is 6. The van der Waals surface area contributed by atoms with Gasteiger partial charge in [-0.25, -0.2) is 19.0 Å². The smallest absolute Gasteiger partial charge is 0.278 e. The minimum absolute atomic E-state index is 0.215. The van der Waals surface area contributed by atoms with Crippen LogP contribution in [0.25, 0.3) is 16.9 Å². The van der Waals surface area contributed by atoms with Crippen LogP contribution >= 0.6 is 0 Å². The van der Waals surface area contributed by atoms with E-state index < -0.39 is 0 Å². The predicted molar refractivity (Wildman–Crippen MR) is 140 cm³/mol. The first-order valence-corrected chi connectivity index (χ1v) is 12.0. The van der Waals surface area contributed by atoms with E-state index in [2.05, 4.69) is 55.9 Å². The van der Waals surface area contributed by atoms with Crippen molar-refractivity contribution in [1.82, 2.24) is 34.0 Å². The maximum absolute atomic E-state index is 13.1. The number of aryl methyl sites for hydroxylation is 1. The van der Waals surface area contributed by atoms with Gasteiger partial charge in [-0.3, -0.25) is 9.59 Å². The highest BCUT2D eigenvalue weighted by molar-refractivity contribution is 5.77. The van der Waals surface area contributed by atoms with Gasteiger partial charge in [0.15, 0.2) is 11.5 Å². The minimum Gasteiger partial charge on any atom is -0.369 e. The highest BCUT2D eigenvalue weighted by Crippen LogP contribution is 2.22. The van der Waals surface area contributed by atoms with Gasteiger partial charge < -0.3 is 15.1 Å². The van der Waals surface area contributed by atoms with Crippen LogP contribution in [0.2, 0.25) is 0 Å². The van der Waals surface area contributed by atoms with Crippen molar-refractivity contribution in [2.45, 2.75) is 20.0 Å². The second kappa shape index (κ2) is 9.78. The first kappa shape index (κ1) is 23.5. The molecule has 186 valence electrons. The van der Waals surface area contributed by atoms with Crippen LogP contribution in [-0.4, -0.2) is 67.2 Å². The van der Waals surface area contributed by atoms with Crippen LogP contribution in [0.1, 0.15) is 6.92 Å². The molecule has 4 aromatic rings. The van der Waals surface area contributed by atoms with E-state index in [4.69, 9.17) is 0 Å². The maximum atomic E-state index is 13.1. The van der Waals surface area contributed by atoms with E-state index in [1.165, 1.54) is 27.3 Å². The number of piperazine rings is 1. The van der Waals surface area contributed by atoms with Crippen LogP contribution < -0.4 is 21.3 Å². The monoisotopic (exact) mass is 487 g/mol. The van der Waals surface area contributed by atoms with Gasteiger partial charge in [0, 0.05) is 56.4 Å².